The van der Waals surface area contributed by atoms with Crippen molar-refractivity contribution in [1.29, 1.82) is 0 Å². The van der Waals surface area contributed by atoms with E-state index in [1.54, 1.807) is 18.8 Å². The molecule has 3 amide bonds. The summed E-state index contributed by atoms with van der Waals surface area (Å²) in [6.07, 6.45) is 27.8. The number of rotatable bonds is 9. The van der Waals surface area contributed by atoms with E-state index in [4.69, 9.17) is 13.3 Å². The number of likely N-dealkylation sites (N-methyl/N-ethyl adjacent to an activating group) is 3. The van der Waals surface area contributed by atoms with Crippen LogP contribution in [0.15, 0.2) is 50.2 Å². The maximum atomic E-state index is 12.9. The van der Waals surface area contributed by atoms with Crippen LogP contribution < -0.4 is 16.0 Å². The average molecular weight is 901 g/mol. The minimum atomic E-state index is -0.326. The molecule has 3 N–H and O–H groups in total. The van der Waals surface area contributed by atoms with E-state index in [0.29, 0.717) is 11.2 Å². The zero-order chi connectivity index (χ0) is 44.4. The summed E-state index contributed by atoms with van der Waals surface area (Å²) in [5.41, 5.74) is 3.52. The fraction of sp³-hybridized carbons (Fsp3) is 0.706. The summed E-state index contributed by atoms with van der Waals surface area (Å²) < 4.78 is 16.7. The fourth-order valence-corrected chi connectivity index (χ4v) is 13.4. The van der Waals surface area contributed by atoms with Crippen molar-refractivity contribution in [1.82, 2.24) is 30.7 Å². The van der Waals surface area contributed by atoms with Gasteiger partial charge in [-0.15, -0.1) is 0 Å². The number of hydrogen-bond donors (Lipinski definition) is 3. The van der Waals surface area contributed by atoms with Crippen molar-refractivity contribution in [2.45, 2.75) is 139 Å². The monoisotopic (exact) mass is 901 g/mol. The molecular weight excluding hydrogens is 825 g/mol. The number of amides is 3. The summed E-state index contributed by atoms with van der Waals surface area (Å²) >= 11 is 2.04. The minimum absolute atomic E-state index is 0.163. The SMILES string of the molecule is CNC1C(=O)N(CC2CC3CCCC2C3)CCc2ccoc21.CNC1C(=O)N(CC2CCCCCC2)CCc2ccoc21.CNC1C(=O)N(CC2CCCCCS2)CCc2ccoc21. The molecule has 4 aliphatic heterocycles. The van der Waals surface area contributed by atoms with Crippen LogP contribution in [0.5, 0.6) is 0 Å². The highest BCUT2D eigenvalue weighted by Crippen LogP contribution is 2.46. The number of hydrogen-bond acceptors (Lipinski definition) is 10. The summed E-state index contributed by atoms with van der Waals surface area (Å²) in [7, 11) is 5.52. The van der Waals surface area contributed by atoms with Crippen LogP contribution >= 0.6 is 11.8 Å². The molecule has 7 aliphatic rings. The number of nitrogens with zero attached hydrogens (tertiary/aromatic N) is 3. The van der Waals surface area contributed by atoms with E-state index >= 15 is 0 Å². The van der Waals surface area contributed by atoms with Gasteiger partial charge in [0.2, 0.25) is 17.7 Å². The summed E-state index contributed by atoms with van der Waals surface area (Å²) in [5.74, 6) is 7.40. The second-order valence-corrected chi connectivity index (χ2v) is 21.1. The van der Waals surface area contributed by atoms with E-state index in [1.165, 1.54) is 119 Å². The molecular formula is C51H76N6O6S. The maximum Gasteiger partial charge on any atom is 0.247 e. The first-order chi connectivity index (χ1) is 31.3. The number of thioether (sulfide) groups is 1. The first-order valence-corrected chi connectivity index (χ1v) is 26.1. The number of nitrogens with one attached hydrogen (secondary N) is 3. The molecule has 10 rings (SSSR count). The highest BCUT2D eigenvalue weighted by Gasteiger charge is 2.41. The molecule has 0 radical (unpaired) electrons. The molecule has 7 unspecified atom stereocenters. The molecule has 4 fully saturated rings. The van der Waals surface area contributed by atoms with Gasteiger partial charge in [0, 0.05) is 44.5 Å². The first-order valence-electron chi connectivity index (χ1n) is 25.0. The lowest BCUT2D eigenvalue weighted by Crippen LogP contribution is -2.42. The van der Waals surface area contributed by atoms with Gasteiger partial charge >= 0.3 is 0 Å². The van der Waals surface area contributed by atoms with Gasteiger partial charge in [0.1, 0.15) is 35.4 Å². The molecule has 0 spiro atoms. The van der Waals surface area contributed by atoms with Gasteiger partial charge in [0.15, 0.2) is 0 Å². The summed E-state index contributed by atoms with van der Waals surface area (Å²) in [4.78, 5) is 44.7. The predicted octanol–water partition coefficient (Wildman–Crippen LogP) is 8.25. The number of carbonyl (C=O) groups excluding carboxylic acids is 3. The van der Waals surface area contributed by atoms with Crippen molar-refractivity contribution < 1.29 is 27.6 Å². The van der Waals surface area contributed by atoms with Crippen LogP contribution in [0.3, 0.4) is 0 Å². The molecule has 352 valence electrons. The largest absolute Gasteiger partial charge is 0.467 e. The number of fused-ring (bicyclic) bond motifs is 5. The fourth-order valence-electron chi connectivity index (χ4n) is 12.0. The maximum absolute atomic E-state index is 12.9. The Labute approximate surface area is 386 Å². The molecule has 3 aromatic rings. The Kier molecular flexibility index (Phi) is 16.7. The Balaban J connectivity index is 0.000000131. The van der Waals surface area contributed by atoms with Crippen LogP contribution in [-0.2, 0) is 33.6 Å². The topological polar surface area (TPSA) is 136 Å². The Morgan fingerprint density at radius 3 is 1.55 bits per heavy atom. The van der Waals surface area contributed by atoms with E-state index in [2.05, 4.69) is 25.8 Å². The molecule has 0 aromatic carbocycles. The lowest BCUT2D eigenvalue weighted by atomic mass is 9.87. The second-order valence-electron chi connectivity index (χ2n) is 19.7. The third kappa shape index (κ3) is 11.2. The van der Waals surface area contributed by atoms with Crippen molar-refractivity contribution in [2.75, 3.05) is 66.2 Å². The molecule has 7 atom stereocenters. The van der Waals surface area contributed by atoms with Crippen molar-refractivity contribution in [3.63, 3.8) is 0 Å². The summed E-state index contributed by atoms with van der Waals surface area (Å²) in [6, 6.07) is 5.06. The Morgan fingerprint density at radius 1 is 0.547 bits per heavy atom. The highest BCUT2D eigenvalue weighted by molar-refractivity contribution is 7.99. The van der Waals surface area contributed by atoms with Crippen molar-refractivity contribution in [3.05, 3.63) is 71.0 Å². The molecule has 13 heteroatoms. The van der Waals surface area contributed by atoms with Crippen molar-refractivity contribution >= 4 is 29.5 Å². The lowest BCUT2D eigenvalue weighted by Gasteiger charge is -2.29. The Hall–Kier alpha value is -3.52. The standard InChI is InChI=1S/C18H26N2O2.C17H26N2O2.C16H24N2O2S/c1-19-16-17-13(6-8-22-17)5-7-20(18(16)21)11-15-10-12-3-2-4-14(15)9-12;1-18-15-16-14(9-11-21-16)8-10-19(17(15)20)12-13-6-4-2-3-5-7-13;1-17-14-15-12(7-9-20-15)6-8-18(16(14)19)11-13-5-3-2-4-10-21-13/h6,8,12,14-16,19H,2-5,7,9-11H2,1H3;9,11,13,15,18H,2-8,10,12H2,1H3;7,9,13-14,17H,2-6,8,10-11H2,1H3. The molecule has 3 aliphatic carbocycles. The van der Waals surface area contributed by atoms with E-state index in [9.17, 15) is 14.4 Å². The smallest absolute Gasteiger partial charge is 0.247 e. The number of furan rings is 3. The third-order valence-corrected chi connectivity index (χ3v) is 17.0. The van der Waals surface area contributed by atoms with Crippen LogP contribution in [-0.4, -0.2) is 104 Å². The van der Waals surface area contributed by atoms with Gasteiger partial charge in [0.25, 0.3) is 0 Å². The summed E-state index contributed by atoms with van der Waals surface area (Å²) in [5, 5.41) is 10.0. The molecule has 64 heavy (non-hydrogen) atoms. The molecule has 3 aromatic heterocycles. The van der Waals surface area contributed by atoms with E-state index in [-0.39, 0.29) is 35.8 Å². The minimum Gasteiger partial charge on any atom is -0.467 e. The average Bonchev–Trinajstić information content (AvgIpc) is 3.99. The Bertz CT molecular complexity index is 1860. The highest BCUT2D eigenvalue weighted by atomic mass is 32.2. The van der Waals surface area contributed by atoms with Crippen molar-refractivity contribution in [2.24, 2.45) is 23.7 Å². The molecule has 1 saturated heterocycles. The molecule has 2 bridgehead atoms. The van der Waals surface area contributed by atoms with Gasteiger partial charge < -0.3 is 43.9 Å². The van der Waals surface area contributed by atoms with Crippen LogP contribution in [0.2, 0.25) is 0 Å². The van der Waals surface area contributed by atoms with Gasteiger partial charge in [-0.05, 0) is 143 Å². The molecule has 3 saturated carbocycles. The second kappa shape index (κ2) is 22.8. The van der Waals surface area contributed by atoms with Gasteiger partial charge in [-0.3, -0.25) is 14.4 Å². The van der Waals surface area contributed by atoms with Gasteiger partial charge in [-0.25, -0.2) is 0 Å². The van der Waals surface area contributed by atoms with Gasteiger partial charge in [-0.1, -0.05) is 57.8 Å². The molecule has 7 heterocycles. The lowest BCUT2D eigenvalue weighted by molar-refractivity contribution is -0.135. The predicted molar refractivity (Wildman–Crippen MR) is 252 cm³/mol. The zero-order valence-corrected chi connectivity index (χ0v) is 39.8. The third-order valence-electron chi connectivity index (χ3n) is 15.6. The zero-order valence-electron chi connectivity index (χ0n) is 39.0. The van der Waals surface area contributed by atoms with E-state index in [1.807, 2.05) is 56.0 Å². The Morgan fingerprint density at radius 2 is 1.03 bits per heavy atom. The summed E-state index contributed by atoms with van der Waals surface area (Å²) in [6.45, 7) is 5.20. The van der Waals surface area contributed by atoms with Crippen LogP contribution in [0, 0.1) is 23.7 Å². The van der Waals surface area contributed by atoms with Crippen LogP contribution in [0.25, 0.3) is 0 Å². The van der Waals surface area contributed by atoms with Crippen LogP contribution in [0.4, 0.5) is 0 Å². The quantitative estimate of drug-likeness (QED) is 0.180. The van der Waals surface area contributed by atoms with Crippen LogP contribution in [0.1, 0.15) is 148 Å². The van der Waals surface area contributed by atoms with E-state index in [0.717, 1.165) is 93.6 Å². The van der Waals surface area contributed by atoms with Gasteiger partial charge in [0.05, 0.1) is 18.8 Å². The number of carbonyl (C=O) groups is 3. The van der Waals surface area contributed by atoms with E-state index < -0.39 is 0 Å². The van der Waals surface area contributed by atoms with Gasteiger partial charge in [-0.2, -0.15) is 11.8 Å². The van der Waals surface area contributed by atoms with Crippen molar-refractivity contribution in [3.8, 4) is 0 Å². The normalized spacial score (nSPS) is 28.8. The molecule has 12 nitrogen and oxygen atoms in total. The first kappa shape index (κ1) is 47.0.